The van der Waals surface area contributed by atoms with Crippen molar-refractivity contribution in [3.63, 3.8) is 0 Å². The SMILES string of the molecule is CC(OC(=O)C(N)(CCCCCN)C(=O)OC(C)c1c([N+](=O)[O-])cc([N+](=O)[O-])cc1[N+](=O)[O-])c1c([N+](=O)[O-])cc([N+](=O)[O-])cc1[N+](=O)[O-]. The fraction of sp³-hybridized carbons (Fsp3) is 0.417. The minimum atomic E-state index is -2.86. The fourth-order valence-corrected chi connectivity index (χ4v) is 4.53. The Bertz CT molecular complexity index is 1510. The van der Waals surface area contributed by atoms with Crippen LogP contribution in [-0.4, -0.2) is 53.6 Å². The van der Waals surface area contributed by atoms with E-state index in [4.69, 9.17) is 20.9 Å². The highest BCUT2D eigenvalue weighted by Gasteiger charge is 2.48. The normalized spacial score (nSPS) is 13.3. The van der Waals surface area contributed by atoms with E-state index in [1.807, 2.05) is 0 Å². The zero-order valence-electron chi connectivity index (χ0n) is 24.9. The van der Waals surface area contributed by atoms with Gasteiger partial charge in [0.15, 0.2) is 0 Å². The lowest BCUT2D eigenvalue weighted by Crippen LogP contribution is -2.57. The van der Waals surface area contributed by atoms with Crippen LogP contribution in [0.3, 0.4) is 0 Å². The van der Waals surface area contributed by atoms with Crippen LogP contribution in [0.4, 0.5) is 34.1 Å². The first kappa shape index (κ1) is 37.9. The number of hydrogen-bond acceptors (Lipinski definition) is 18. The largest absolute Gasteiger partial charge is 0.455 e. The molecular weight excluding hydrogens is 656 g/mol. The Kier molecular flexibility index (Phi) is 12.1. The number of nitro benzene ring substituents is 6. The summed E-state index contributed by atoms with van der Waals surface area (Å²) in [5, 5.41) is 69.3. The minimum Gasteiger partial charge on any atom is -0.455 e. The van der Waals surface area contributed by atoms with E-state index in [1.165, 1.54) is 0 Å². The second-order valence-corrected chi connectivity index (χ2v) is 10.0. The van der Waals surface area contributed by atoms with Crippen molar-refractivity contribution in [2.24, 2.45) is 11.5 Å². The maximum atomic E-state index is 13.5. The number of non-ortho nitro benzene ring substituents is 2. The second-order valence-electron chi connectivity index (χ2n) is 10.0. The van der Waals surface area contributed by atoms with Crippen molar-refractivity contribution in [3.8, 4) is 0 Å². The Morgan fingerprint density at radius 1 is 0.625 bits per heavy atom. The molecule has 0 bridgehead atoms. The van der Waals surface area contributed by atoms with Crippen LogP contribution < -0.4 is 11.5 Å². The topological polar surface area (TPSA) is 363 Å². The molecule has 2 aromatic rings. The van der Waals surface area contributed by atoms with Crippen LogP contribution in [0.15, 0.2) is 24.3 Å². The molecule has 2 aromatic carbocycles. The monoisotopic (exact) mass is 682 g/mol. The summed E-state index contributed by atoms with van der Waals surface area (Å²) in [4.78, 5) is 89.1. The van der Waals surface area contributed by atoms with Gasteiger partial charge in [-0.25, -0.2) is 9.59 Å². The van der Waals surface area contributed by atoms with E-state index in [1.54, 1.807) is 0 Å². The average Bonchev–Trinajstić information content (AvgIpc) is 3.00. The maximum Gasteiger partial charge on any atom is 0.338 e. The molecule has 24 nitrogen and oxygen atoms in total. The smallest absolute Gasteiger partial charge is 0.338 e. The lowest BCUT2D eigenvalue weighted by Gasteiger charge is -2.28. The molecule has 0 radical (unpaired) electrons. The number of nitro groups is 6. The van der Waals surface area contributed by atoms with Gasteiger partial charge in [-0.15, -0.1) is 0 Å². The van der Waals surface area contributed by atoms with Gasteiger partial charge in [-0.2, -0.15) is 0 Å². The Morgan fingerprint density at radius 3 is 1.19 bits per heavy atom. The van der Waals surface area contributed by atoms with Crippen LogP contribution in [0.2, 0.25) is 0 Å². The highest BCUT2D eigenvalue weighted by Crippen LogP contribution is 2.41. The molecule has 0 amide bonds. The van der Waals surface area contributed by atoms with Gasteiger partial charge in [-0.3, -0.25) is 60.7 Å². The number of nitrogens with zero attached hydrogens (tertiary/aromatic N) is 6. The third kappa shape index (κ3) is 8.29. The molecule has 4 N–H and O–H groups in total. The molecular formula is C24H26N8O16. The molecule has 2 unspecified atom stereocenters. The van der Waals surface area contributed by atoms with E-state index < -0.39 is 111 Å². The number of nitrogens with two attached hydrogens (primary N) is 2. The zero-order valence-corrected chi connectivity index (χ0v) is 24.9. The first-order valence-electron chi connectivity index (χ1n) is 13.4. The van der Waals surface area contributed by atoms with Crippen LogP contribution >= 0.6 is 0 Å². The number of rotatable bonds is 17. The highest BCUT2D eigenvalue weighted by molar-refractivity contribution is 6.05. The number of hydrogen-bond donors (Lipinski definition) is 2. The molecule has 0 fully saturated rings. The van der Waals surface area contributed by atoms with Gasteiger partial charge in [0, 0.05) is 0 Å². The summed E-state index contributed by atoms with van der Waals surface area (Å²) in [5.74, 6) is -3.37. The molecule has 0 saturated carbocycles. The fourth-order valence-electron chi connectivity index (χ4n) is 4.53. The van der Waals surface area contributed by atoms with Crippen LogP contribution in [0, 0.1) is 60.7 Å². The van der Waals surface area contributed by atoms with E-state index in [-0.39, 0.29) is 19.4 Å². The van der Waals surface area contributed by atoms with Crippen molar-refractivity contribution in [1.82, 2.24) is 0 Å². The molecule has 258 valence electrons. The van der Waals surface area contributed by atoms with Crippen molar-refractivity contribution < 1.29 is 48.6 Å². The summed E-state index contributed by atoms with van der Waals surface area (Å²) in [6.07, 6.45) is -3.90. The zero-order chi connectivity index (χ0) is 36.7. The van der Waals surface area contributed by atoms with Gasteiger partial charge >= 0.3 is 11.9 Å². The predicted molar refractivity (Wildman–Crippen MR) is 156 cm³/mol. The molecule has 2 rings (SSSR count). The van der Waals surface area contributed by atoms with Gasteiger partial charge in [0.05, 0.1) is 53.8 Å². The Morgan fingerprint density at radius 2 is 0.938 bits per heavy atom. The van der Waals surface area contributed by atoms with Gasteiger partial charge in [-0.1, -0.05) is 12.8 Å². The van der Waals surface area contributed by atoms with E-state index >= 15 is 0 Å². The van der Waals surface area contributed by atoms with E-state index in [0.717, 1.165) is 13.8 Å². The number of carbonyl (C=O) groups is 2. The number of benzene rings is 2. The lowest BCUT2D eigenvalue weighted by atomic mass is 9.92. The summed E-state index contributed by atoms with van der Waals surface area (Å²) >= 11 is 0. The lowest BCUT2D eigenvalue weighted by molar-refractivity contribution is -0.405. The Balaban J connectivity index is 2.62. The van der Waals surface area contributed by atoms with Gasteiger partial charge in [0.1, 0.15) is 23.3 Å². The molecule has 0 aliphatic rings. The third-order valence-electron chi connectivity index (χ3n) is 6.84. The van der Waals surface area contributed by atoms with Crippen molar-refractivity contribution in [3.05, 3.63) is 96.1 Å². The molecule has 0 spiro atoms. The quantitative estimate of drug-likeness (QED) is 0.0794. The number of ether oxygens (including phenoxy) is 2. The first-order chi connectivity index (χ1) is 22.3. The van der Waals surface area contributed by atoms with Crippen molar-refractivity contribution in [2.45, 2.75) is 57.3 Å². The summed E-state index contributed by atoms with van der Waals surface area (Å²) in [6, 6.07) is 1.54. The minimum absolute atomic E-state index is 0.0314. The molecule has 24 heteroatoms. The van der Waals surface area contributed by atoms with Crippen molar-refractivity contribution in [2.75, 3.05) is 6.54 Å². The van der Waals surface area contributed by atoms with Crippen LogP contribution in [0.5, 0.6) is 0 Å². The molecule has 0 aliphatic heterocycles. The predicted octanol–water partition coefficient (Wildman–Crippen LogP) is 3.26. The summed E-state index contributed by atoms with van der Waals surface area (Å²) < 4.78 is 10.3. The average molecular weight is 683 g/mol. The molecule has 0 aliphatic carbocycles. The summed E-state index contributed by atoms with van der Waals surface area (Å²) in [6.45, 7) is 2.00. The molecule has 48 heavy (non-hydrogen) atoms. The number of esters is 2. The van der Waals surface area contributed by atoms with E-state index in [0.29, 0.717) is 30.7 Å². The molecule has 0 saturated heterocycles. The molecule has 0 aromatic heterocycles. The van der Waals surface area contributed by atoms with Gasteiger partial charge in [0.25, 0.3) is 34.1 Å². The second kappa shape index (κ2) is 15.3. The molecule has 2 atom stereocenters. The van der Waals surface area contributed by atoms with Crippen LogP contribution in [0.25, 0.3) is 0 Å². The maximum absolute atomic E-state index is 13.5. The van der Waals surface area contributed by atoms with Crippen molar-refractivity contribution >= 4 is 46.1 Å². The molecule has 0 heterocycles. The van der Waals surface area contributed by atoms with Gasteiger partial charge in [0.2, 0.25) is 5.54 Å². The Labute approximate surface area is 266 Å². The van der Waals surface area contributed by atoms with E-state index in [2.05, 4.69) is 0 Å². The third-order valence-corrected chi connectivity index (χ3v) is 6.84. The highest BCUT2D eigenvalue weighted by atomic mass is 16.7. The van der Waals surface area contributed by atoms with E-state index in [9.17, 15) is 70.3 Å². The number of unbranched alkanes of at least 4 members (excludes halogenated alkanes) is 2. The standard InChI is InChI=1S/C24H26N8O16/c1-12(20-16(29(39)40)8-14(27(35)36)9-17(20)30(41)42)47-22(33)24(26,6-4-3-5-7-25)23(34)48-13(2)21-18(31(43)44)10-15(28(37)38)11-19(21)32(45)46/h8-13H,3-7,25-26H2,1-2H3. The van der Waals surface area contributed by atoms with Gasteiger partial charge in [-0.05, 0) is 33.2 Å². The number of carbonyl (C=O) groups excluding carboxylic acids is 2. The summed E-state index contributed by atoms with van der Waals surface area (Å²) in [5.41, 5.74) is 0.122. The summed E-state index contributed by atoms with van der Waals surface area (Å²) in [7, 11) is 0. The van der Waals surface area contributed by atoms with Crippen molar-refractivity contribution in [1.29, 1.82) is 0 Å². The van der Waals surface area contributed by atoms with Crippen LogP contribution in [-0.2, 0) is 19.1 Å². The first-order valence-corrected chi connectivity index (χ1v) is 13.4. The van der Waals surface area contributed by atoms with Gasteiger partial charge < -0.3 is 20.9 Å². The van der Waals surface area contributed by atoms with Crippen LogP contribution in [0.1, 0.15) is 62.9 Å². The Hall–Kier alpha value is -6.30.